The Balaban J connectivity index is 1.46. The van der Waals surface area contributed by atoms with Crippen LogP contribution in [0.5, 0.6) is 0 Å². The SMILES string of the molecule is CN(C)CCC1CCCCN1C(=O)C[N+]1(CC(=O)N2CCCC(CN(C)C)C2)c2cc(C(=O)O)ccc2C(C2CCCCC2)(C2CCCCC2)C1c1ccccc1. The molecule has 1 N–H and O–H groups in total. The van der Waals surface area contributed by atoms with Crippen molar-refractivity contribution >= 4 is 23.5 Å². The number of hydrogen-bond donors (Lipinski definition) is 1. The molecule has 9 nitrogen and oxygen atoms in total. The molecule has 2 saturated carbocycles. The van der Waals surface area contributed by atoms with Gasteiger partial charge < -0.3 is 24.7 Å². The van der Waals surface area contributed by atoms with Gasteiger partial charge >= 0.3 is 5.97 Å². The molecule has 3 aliphatic heterocycles. The molecule has 312 valence electrons. The summed E-state index contributed by atoms with van der Waals surface area (Å²) in [6.07, 6.45) is 17.8. The molecule has 4 atom stereocenters. The molecule has 4 unspecified atom stereocenters. The van der Waals surface area contributed by atoms with E-state index in [1.807, 2.05) is 12.1 Å². The van der Waals surface area contributed by atoms with Crippen molar-refractivity contribution in [1.82, 2.24) is 24.1 Å². The molecule has 2 saturated heterocycles. The lowest BCUT2D eigenvalue weighted by Crippen LogP contribution is -2.65. The second kappa shape index (κ2) is 18.3. The fraction of sp³-hybridized carbons (Fsp3) is 0.688. The van der Waals surface area contributed by atoms with Gasteiger partial charge in [0.2, 0.25) is 0 Å². The van der Waals surface area contributed by atoms with Crippen molar-refractivity contribution in [1.29, 1.82) is 0 Å². The van der Waals surface area contributed by atoms with Crippen molar-refractivity contribution in [2.45, 2.75) is 120 Å². The summed E-state index contributed by atoms with van der Waals surface area (Å²) in [5.74, 6) is 0.412. The minimum absolute atomic E-state index is 0.102. The Labute approximate surface area is 343 Å². The zero-order valence-corrected chi connectivity index (χ0v) is 35.7. The summed E-state index contributed by atoms with van der Waals surface area (Å²) in [4.78, 5) is 52.7. The van der Waals surface area contributed by atoms with Gasteiger partial charge in [-0.1, -0.05) is 74.9 Å². The number of quaternary nitrogens is 1. The fourth-order valence-corrected chi connectivity index (χ4v) is 12.7. The Morgan fingerprint density at radius 1 is 0.737 bits per heavy atom. The maximum atomic E-state index is 15.6. The Morgan fingerprint density at radius 3 is 2.02 bits per heavy atom. The second-order valence-electron chi connectivity index (χ2n) is 19.2. The van der Waals surface area contributed by atoms with Crippen LogP contribution in [-0.4, -0.2) is 123 Å². The van der Waals surface area contributed by atoms with Crippen LogP contribution in [0.4, 0.5) is 5.69 Å². The number of aromatic carboxylic acids is 1. The van der Waals surface area contributed by atoms with E-state index in [1.54, 1.807) is 0 Å². The van der Waals surface area contributed by atoms with Crippen LogP contribution in [0.15, 0.2) is 48.5 Å². The monoisotopic (exact) mass is 783 g/mol. The van der Waals surface area contributed by atoms with Crippen LogP contribution < -0.4 is 4.48 Å². The highest BCUT2D eigenvalue weighted by atomic mass is 16.4. The molecule has 3 heterocycles. The highest BCUT2D eigenvalue weighted by Gasteiger charge is 2.68. The summed E-state index contributed by atoms with van der Waals surface area (Å²) < 4.78 is 0.177. The van der Waals surface area contributed by atoms with Crippen molar-refractivity contribution in [3.05, 3.63) is 65.2 Å². The van der Waals surface area contributed by atoms with Gasteiger partial charge in [0.25, 0.3) is 11.8 Å². The smallest absolute Gasteiger partial charge is 0.335 e. The van der Waals surface area contributed by atoms with Gasteiger partial charge in [-0.3, -0.25) is 14.1 Å². The van der Waals surface area contributed by atoms with E-state index < -0.39 is 5.97 Å². The predicted molar refractivity (Wildman–Crippen MR) is 229 cm³/mol. The molecule has 4 fully saturated rings. The molecule has 2 aromatic carbocycles. The first kappa shape index (κ1) is 41.9. The summed E-state index contributed by atoms with van der Waals surface area (Å²) in [6.45, 7) is 4.36. The number of fused-ring (bicyclic) bond motifs is 1. The third kappa shape index (κ3) is 8.58. The second-order valence-corrected chi connectivity index (χ2v) is 19.2. The molecule has 7 rings (SSSR count). The largest absolute Gasteiger partial charge is 0.478 e. The van der Waals surface area contributed by atoms with Crippen LogP contribution in [0.25, 0.3) is 0 Å². The Morgan fingerprint density at radius 2 is 1.39 bits per heavy atom. The number of hydrogen-bond acceptors (Lipinski definition) is 5. The maximum absolute atomic E-state index is 15.6. The van der Waals surface area contributed by atoms with Crippen LogP contribution in [0.2, 0.25) is 0 Å². The molecule has 0 bridgehead atoms. The number of nitrogens with zero attached hydrogens (tertiary/aromatic N) is 5. The quantitative estimate of drug-likeness (QED) is 0.208. The number of carbonyl (C=O) groups excluding carboxylic acids is 2. The van der Waals surface area contributed by atoms with Gasteiger partial charge in [-0.25, -0.2) is 4.79 Å². The van der Waals surface area contributed by atoms with Crippen molar-refractivity contribution in [2.24, 2.45) is 17.8 Å². The van der Waals surface area contributed by atoms with Gasteiger partial charge in [-0.2, -0.15) is 0 Å². The molecular weight excluding hydrogens is 711 g/mol. The molecule has 57 heavy (non-hydrogen) atoms. The van der Waals surface area contributed by atoms with E-state index in [1.165, 1.54) is 49.7 Å². The molecule has 2 aliphatic carbocycles. The third-order valence-corrected chi connectivity index (χ3v) is 15.0. The van der Waals surface area contributed by atoms with E-state index >= 15 is 9.59 Å². The number of carboxylic acid groups (broad SMARTS) is 1. The third-order valence-electron chi connectivity index (χ3n) is 15.0. The Kier molecular flexibility index (Phi) is 13.5. The van der Waals surface area contributed by atoms with E-state index in [2.05, 4.69) is 84.2 Å². The van der Waals surface area contributed by atoms with Gasteiger partial charge in [0.15, 0.2) is 13.1 Å². The van der Waals surface area contributed by atoms with E-state index in [9.17, 15) is 9.90 Å². The van der Waals surface area contributed by atoms with Crippen LogP contribution in [-0.2, 0) is 15.0 Å². The van der Waals surface area contributed by atoms with E-state index in [0.717, 1.165) is 103 Å². The van der Waals surface area contributed by atoms with Crippen molar-refractivity contribution < 1.29 is 19.5 Å². The first-order chi connectivity index (χ1) is 27.5. The topological polar surface area (TPSA) is 84.4 Å². The van der Waals surface area contributed by atoms with Crippen LogP contribution >= 0.6 is 0 Å². The summed E-state index contributed by atoms with van der Waals surface area (Å²) in [5, 5.41) is 10.6. The van der Waals surface area contributed by atoms with Crippen LogP contribution in [0.1, 0.15) is 130 Å². The van der Waals surface area contributed by atoms with Gasteiger partial charge in [0, 0.05) is 49.4 Å². The molecule has 2 amide bonds. The number of rotatable bonds is 13. The summed E-state index contributed by atoms with van der Waals surface area (Å²) in [7, 11) is 8.43. The number of carbonyl (C=O) groups is 3. The fourth-order valence-electron chi connectivity index (χ4n) is 12.7. The zero-order chi connectivity index (χ0) is 40.2. The summed E-state index contributed by atoms with van der Waals surface area (Å²) >= 11 is 0. The predicted octanol–water partition coefficient (Wildman–Crippen LogP) is 7.98. The first-order valence-electron chi connectivity index (χ1n) is 22.7. The molecule has 9 heteroatoms. The molecule has 0 radical (unpaired) electrons. The average Bonchev–Trinajstić information content (AvgIpc) is 3.46. The van der Waals surface area contributed by atoms with E-state index in [-0.39, 0.29) is 52.4 Å². The average molecular weight is 783 g/mol. The van der Waals surface area contributed by atoms with Gasteiger partial charge in [0.1, 0.15) is 11.7 Å². The number of carboxylic acids is 1. The highest BCUT2D eigenvalue weighted by Crippen LogP contribution is 2.67. The van der Waals surface area contributed by atoms with Gasteiger partial charge in [-0.05, 0) is 123 Å². The van der Waals surface area contributed by atoms with Crippen molar-refractivity contribution in [3.8, 4) is 0 Å². The minimum Gasteiger partial charge on any atom is -0.478 e. The van der Waals surface area contributed by atoms with Crippen LogP contribution in [0, 0.1) is 17.8 Å². The van der Waals surface area contributed by atoms with Gasteiger partial charge in [-0.15, -0.1) is 0 Å². The van der Waals surface area contributed by atoms with Crippen LogP contribution in [0.3, 0.4) is 0 Å². The number of piperidine rings is 2. The number of amides is 2. The number of benzene rings is 2. The normalized spacial score (nSPS) is 27.2. The lowest BCUT2D eigenvalue weighted by atomic mass is 9.53. The Hall–Kier alpha value is -3.27. The van der Waals surface area contributed by atoms with E-state index in [0.29, 0.717) is 17.8 Å². The zero-order valence-electron chi connectivity index (χ0n) is 35.7. The van der Waals surface area contributed by atoms with Crippen molar-refractivity contribution in [3.63, 3.8) is 0 Å². The Bertz CT molecular complexity index is 1670. The molecule has 0 spiro atoms. The van der Waals surface area contributed by atoms with Gasteiger partial charge in [0.05, 0.1) is 11.0 Å². The number of likely N-dealkylation sites (tertiary alicyclic amines) is 2. The van der Waals surface area contributed by atoms with E-state index in [4.69, 9.17) is 0 Å². The summed E-state index contributed by atoms with van der Waals surface area (Å²) in [6, 6.07) is 16.8. The highest BCUT2D eigenvalue weighted by molar-refractivity contribution is 5.92. The molecule has 0 aromatic heterocycles. The standard InChI is InChI=1S/C48H71N5O4/c1-49(2)30-27-41-24-14-15-29-52(41)45(55)35-53(34-44(54)51-28-16-17-36(33-51)32-50(3)4)43-31-38(47(56)57)25-26-42(43)48(39-20-10-6-11-21-39,40-22-12-7-13-23-40)46(53)37-18-8-5-9-19-37/h5,8-9,18-19,25-26,31,36,39-41,46H,6-7,10-17,20-24,27-30,32-35H2,1-4H3/p+1. The van der Waals surface area contributed by atoms with Crippen molar-refractivity contribution in [2.75, 3.05) is 74.0 Å². The molecule has 2 aromatic rings. The summed E-state index contributed by atoms with van der Waals surface area (Å²) in [5.41, 5.74) is 3.25. The minimum atomic E-state index is -0.958. The first-order valence-corrected chi connectivity index (χ1v) is 22.7. The molecular formula is C48H72N5O4+. The molecule has 5 aliphatic rings. The maximum Gasteiger partial charge on any atom is 0.335 e. The lowest BCUT2D eigenvalue weighted by Gasteiger charge is -2.53. The lowest BCUT2D eigenvalue weighted by molar-refractivity contribution is -0.140.